The lowest BCUT2D eigenvalue weighted by atomic mass is 10.2. The number of amides is 2. The van der Waals surface area contributed by atoms with Gasteiger partial charge in [0.1, 0.15) is 11.5 Å². The molecule has 0 aliphatic heterocycles. The number of aromatic amines is 1. The Morgan fingerprint density at radius 3 is 2.47 bits per heavy atom. The maximum absolute atomic E-state index is 11.8. The highest BCUT2D eigenvalue weighted by molar-refractivity contribution is 6.03. The molecule has 2 amide bonds. The summed E-state index contributed by atoms with van der Waals surface area (Å²) in [5, 5.41) is 11.5. The molecule has 0 spiro atoms. The molecule has 0 bridgehead atoms. The van der Waals surface area contributed by atoms with E-state index in [0.29, 0.717) is 11.4 Å². The van der Waals surface area contributed by atoms with E-state index >= 15 is 0 Å². The molecule has 0 radical (unpaired) electrons. The lowest BCUT2D eigenvalue weighted by Crippen LogP contribution is -2.13. The van der Waals surface area contributed by atoms with Crippen LogP contribution in [0, 0.1) is 0 Å². The van der Waals surface area contributed by atoms with Crippen molar-refractivity contribution < 1.29 is 9.59 Å². The third kappa shape index (κ3) is 3.32. The average molecular weight is 259 g/mol. The molecule has 5 N–H and O–H groups in total. The number of hydrogen-bond donors (Lipinski definition) is 4. The zero-order valence-electron chi connectivity index (χ0n) is 10.2. The van der Waals surface area contributed by atoms with Gasteiger partial charge < -0.3 is 16.4 Å². The van der Waals surface area contributed by atoms with Crippen LogP contribution in [0.2, 0.25) is 0 Å². The summed E-state index contributed by atoms with van der Waals surface area (Å²) < 4.78 is 0. The lowest BCUT2D eigenvalue weighted by Gasteiger charge is -2.06. The molecule has 19 heavy (non-hydrogen) atoms. The average Bonchev–Trinajstić information content (AvgIpc) is 2.75. The van der Waals surface area contributed by atoms with Gasteiger partial charge in [0.25, 0.3) is 5.91 Å². The second-order valence-corrected chi connectivity index (χ2v) is 3.92. The molecule has 0 unspecified atom stereocenters. The first kappa shape index (κ1) is 12.6. The summed E-state index contributed by atoms with van der Waals surface area (Å²) in [4.78, 5) is 22.8. The number of nitrogens with two attached hydrogens (primary N) is 1. The number of rotatable bonds is 3. The molecular weight excluding hydrogens is 246 g/mol. The van der Waals surface area contributed by atoms with E-state index < -0.39 is 0 Å². The molecule has 0 fully saturated rings. The second-order valence-electron chi connectivity index (χ2n) is 3.92. The van der Waals surface area contributed by atoms with Crippen LogP contribution in [-0.2, 0) is 4.79 Å². The summed E-state index contributed by atoms with van der Waals surface area (Å²) in [6.07, 6.45) is 0. The Hall–Kier alpha value is -2.83. The van der Waals surface area contributed by atoms with Gasteiger partial charge in [-0.15, -0.1) is 0 Å². The number of anilines is 3. The van der Waals surface area contributed by atoms with Gasteiger partial charge in [-0.3, -0.25) is 14.7 Å². The summed E-state index contributed by atoms with van der Waals surface area (Å²) in [5.41, 5.74) is 6.85. The van der Waals surface area contributed by atoms with Gasteiger partial charge >= 0.3 is 0 Å². The van der Waals surface area contributed by atoms with E-state index in [2.05, 4.69) is 20.8 Å². The maximum atomic E-state index is 11.8. The number of carbonyl (C=O) groups excluding carboxylic acids is 2. The van der Waals surface area contributed by atoms with Crippen LogP contribution < -0.4 is 16.4 Å². The third-order valence-electron chi connectivity index (χ3n) is 2.28. The predicted octanol–water partition coefficient (Wildman–Crippen LogP) is 1.20. The summed E-state index contributed by atoms with van der Waals surface area (Å²) >= 11 is 0. The zero-order valence-corrected chi connectivity index (χ0v) is 10.2. The molecule has 98 valence electrons. The number of aromatic nitrogens is 2. The number of H-pyrrole nitrogens is 1. The molecule has 2 rings (SSSR count). The zero-order chi connectivity index (χ0) is 13.8. The molecule has 0 atom stereocenters. The van der Waals surface area contributed by atoms with Crippen molar-refractivity contribution in [1.29, 1.82) is 0 Å². The molecule has 1 heterocycles. The summed E-state index contributed by atoms with van der Waals surface area (Å²) in [6, 6.07) is 8.25. The fraction of sp³-hybridized carbons (Fsp3) is 0.0833. The SMILES string of the molecule is CC(=O)Nc1cccc(NC(=O)c2cc(N)n[nH]2)c1. The minimum Gasteiger partial charge on any atom is -0.382 e. The van der Waals surface area contributed by atoms with Crippen molar-refractivity contribution in [3.8, 4) is 0 Å². The van der Waals surface area contributed by atoms with Crippen molar-refractivity contribution in [1.82, 2.24) is 10.2 Å². The van der Waals surface area contributed by atoms with Gasteiger partial charge in [0.2, 0.25) is 5.91 Å². The van der Waals surface area contributed by atoms with Crippen molar-refractivity contribution in [3.63, 3.8) is 0 Å². The van der Waals surface area contributed by atoms with Crippen molar-refractivity contribution in [2.75, 3.05) is 16.4 Å². The molecular formula is C12H13N5O2. The fourth-order valence-electron chi connectivity index (χ4n) is 1.53. The normalized spacial score (nSPS) is 9.95. The Morgan fingerprint density at radius 1 is 1.21 bits per heavy atom. The predicted molar refractivity (Wildman–Crippen MR) is 71.7 cm³/mol. The van der Waals surface area contributed by atoms with Crippen molar-refractivity contribution in [2.45, 2.75) is 6.92 Å². The minimum atomic E-state index is -0.357. The summed E-state index contributed by atoms with van der Waals surface area (Å²) in [5.74, 6) is -0.286. The maximum Gasteiger partial charge on any atom is 0.273 e. The van der Waals surface area contributed by atoms with Crippen LogP contribution in [-0.4, -0.2) is 22.0 Å². The number of benzene rings is 1. The third-order valence-corrected chi connectivity index (χ3v) is 2.28. The van der Waals surface area contributed by atoms with E-state index in [1.807, 2.05) is 0 Å². The van der Waals surface area contributed by atoms with E-state index in [0.717, 1.165) is 0 Å². The van der Waals surface area contributed by atoms with Crippen molar-refractivity contribution in [2.24, 2.45) is 0 Å². The summed E-state index contributed by atoms with van der Waals surface area (Å²) in [7, 11) is 0. The molecule has 0 saturated carbocycles. The monoisotopic (exact) mass is 259 g/mol. The van der Waals surface area contributed by atoms with Gasteiger partial charge in [-0.05, 0) is 18.2 Å². The molecule has 1 aromatic carbocycles. The van der Waals surface area contributed by atoms with E-state index in [-0.39, 0.29) is 23.3 Å². The van der Waals surface area contributed by atoms with Crippen LogP contribution in [0.15, 0.2) is 30.3 Å². The van der Waals surface area contributed by atoms with Crippen LogP contribution in [0.3, 0.4) is 0 Å². The quantitative estimate of drug-likeness (QED) is 0.663. The number of hydrogen-bond acceptors (Lipinski definition) is 4. The largest absolute Gasteiger partial charge is 0.382 e. The molecule has 0 aliphatic rings. The van der Waals surface area contributed by atoms with E-state index in [1.54, 1.807) is 24.3 Å². The Balaban J connectivity index is 2.10. The molecule has 0 aliphatic carbocycles. The Kier molecular flexibility index (Phi) is 3.46. The summed E-state index contributed by atoms with van der Waals surface area (Å²) in [6.45, 7) is 1.42. The van der Waals surface area contributed by atoms with Crippen LogP contribution in [0.4, 0.5) is 17.2 Å². The lowest BCUT2D eigenvalue weighted by molar-refractivity contribution is -0.114. The van der Waals surface area contributed by atoms with E-state index in [9.17, 15) is 9.59 Å². The van der Waals surface area contributed by atoms with Crippen LogP contribution in [0.5, 0.6) is 0 Å². The van der Waals surface area contributed by atoms with Crippen molar-refractivity contribution >= 4 is 29.0 Å². The fourth-order valence-corrected chi connectivity index (χ4v) is 1.53. The van der Waals surface area contributed by atoms with Gasteiger partial charge in [-0.25, -0.2) is 0 Å². The first-order valence-corrected chi connectivity index (χ1v) is 5.54. The first-order chi connectivity index (χ1) is 9.04. The number of nitrogens with one attached hydrogen (secondary N) is 3. The number of carbonyl (C=O) groups is 2. The van der Waals surface area contributed by atoms with Crippen LogP contribution in [0.25, 0.3) is 0 Å². The van der Waals surface area contributed by atoms with Crippen LogP contribution in [0.1, 0.15) is 17.4 Å². The van der Waals surface area contributed by atoms with Gasteiger partial charge in [0.15, 0.2) is 0 Å². The highest BCUT2D eigenvalue weighted by Crippen LogP contribution is 2.16. The number of nitrogens with zero attached hydrogens (tertiary/aromatic N) is 1. The van der Waals surface area contributed by atoms with Gasteiger partial charge in [0.05, 0.1) is 0 Å². The highest BCUT2D eigenvalue weighted by Gasteiger charge is 2.09. The van der Waals surface area contributed by atoms with E-state index in [4.69, 9.17) is 5.73 Å². The number of nitrogen functional groups attached to an aromatic ring is 1. The standard InChI is InChI=1S/C12H13N5O2/c1-7(18)14-8-3-2-4-9(5-8)15-12(19)10-6-11(13)17-16-10/h2-6H,1H3,(H,14,18)(H,15,19)(H3,13,16,17). The minimum absolute atomic E-state index is 0.176. The molecule has 1 aromatic heterocycles. The molecule has 2 aromatic rings. The van der Waals surface area contributed by atoms with Gasteiger partial charge in [-0.1, -0.05) is 6.07 Å². The topological polar surface area (TPSA) is 113 Å². The van der Waals surface area contributed by atoms with Crippen molar-refractivity contribution in [3.05, 3.63) is 36.0 Å². The molecule has 0 saturated heterocycles. The Labute approximate surface area is 109 Å². The van der Waals surface area contributed by atoms with Crippen LogP contribution >= 0.6 is 0 Å². The first-order valence-electron chi connectivity index (χ1n) is 5.54. The van der Waals surface area contributed by atoms with E-state index in [1.165, 1.54) is 13.0 Å². The Bertz CT molecular complexity index is 620. The molecule has 7 heteroatoms. The van der Waals surface area contributed by atoms with Gasteiger partial charge in [0, 0.05) is 24.4 Å². The molecule has 7 nitrogen and oxygen atoms in total. The smallest absolute Gasteiger partial charge is 0.273 e. The second kappa shape index (κ2) is 5.21. The van der Waals surface area contributed by atoms with Gasteiger partial charge in [-0.2, -0.15) is 5.10 Å². The Morgan fingerprint density at radius 2 is 1.89 bits per heavy atom. The highest BCUT2D eigenvalue weighted by atomic mass is 16.2.